The largest absolute Gasteiger partial charge is 0.456 e. The molecule has 0 fully saturated rings. The Bertz CT molecular complexity index is 7180. The molecule has 0 atom stereocenters. The van der Waals surface area contributed by atoms with E-state index in [9.17, 15) is 0 Å². The van der Waals surface area contributed by atoms with Crippen LogP contribution in [0.15, 0.2) is 361 Å². The maximum Gasteiger partial charge on any atom is 0.137 e. The summed E-state index contributed by atoms with van der Waals surface area (Å²) in [5.74, 6) is 0. The van der Waals surface area contributed by atoms with Crippen molar-refractivity contribution in [3.8, 4) is 78.4 Å². The zero-order valence-electron chi connectivity index (χ0n) is 55.1. The molecule has 0 aliphatic heterocycles. The van der Waals surface area contributed by atoms with Gasteiger partial charge in [0.1, 0.15) is 22.3 Å². The highest BCUT2D eigenvalue weighted by atomic mass is 16.3. The van der Waals surface area contributed by atoms with Crippen molar-refractivity contribution in [2.75, 3.05) is 0 Å². The number of aromatic nitrogens is 4. The minimum Gasteiger partial charge on any atom is -0.456 e. The third-order valence-corrected chi connectivity index (χ3v) is 21.6. The zero-order valence-corrected chi connectivity index (χ0v) is 55.1. The smallest absolute Gasteiger partial charge is 0.137 e. The van der Waals surface area contributed by atoms with Crippen LogP contribution in [0.4, 0.5) is 0 Å². The zero-order chi connectivity index (χ0) is 66.7. The molecular formula is C96H58N4O2. The highest BCUT2D eigenvalue weighted by molar-refractivity contribution is 6.28. The first-order valence-electron chi connectivity index (χ1n) is 34.9. The molecule has 0 amide bonds. The molecule has 0 spiro atoms. The summed E-state index contributed by atoms with van der Waals surface area (Å²) in [6.07, 6.45) is 0. The predicted molar refractivity (Wildman–Crippen MR) is 426 cm³/mol. The Morgan fingerprint density at radius 3 is 0.961 bits per heavy atom. The lowest BCUT2D eigenvalue weighted by Gasteiger charge is -2.12. The van der Waals surface area contributed by atoms with E-state index in [2.05, 4.69) is 358 Å². The van der Waals surface area contributed by atoms with E-state index in [1.54, 1.807) is 0 Å². The number of fused-ring (bicyclic) bond motifs is 20. The first-order valence-corrected chi connectivity index (χ1v) is 34.9. The number of para-hydroxylation sites is 5. The van der Waals surface area contributed by atoms with E-state index < -0.39 is 0 Å². The van der Waals surface area contributed by atoms with Gasteiger partial charge in [0.25, 0.3) is 0 Å². The van der Waals surface area contributed by atoms with Crippen molar-refractivity contribution in [1.29, 1.82) is 0 Å². The molecule has 22 aromatic rings. The molecule has 0 saturated heterocycles. The van der Waals surface area contributed by atoms with Gasteiger partial charge in [-0.15, -0.1) is 0 Å². The maximum atomic E-state index is 6.42. The molecule has 0 aliphatic rings. The van der Waals surface area contributed by atoms with Crippen molar-refractivity contribution in [1.82, 2.24) is 18.3 Å². The van der Waals surface area contributed by atoms with Crippen molar-refractivity contribution in [3.05, 3.63) is 352 Å². The number of nitrogens with zero attached hydrogens (tertiary/aromatic N) is 4. The molecule has 0 saturated carbocycles. The minimum absolute atomic E-state index is 0.892. The molecule has 0 bridgehead atoms. The normalized spacial score (nSPS) is 12.1. The van der Waals surface area contributed by atoms with E-state index in [0.29, 0.717) is 0 Å². The van der Waals surface area contributed by atoms with E-state index in [1.165, 1.54) is 81.8 Å². The van der Waals surface area contributed by atoms with Crippen molar-refractivity contribution < 1.29 is 8.83 Å². The van der Waals surface area contributed by atoms with Crippen LogP contribution < -0.4 is 0 Å². The van der Waals surface area contributed by atoms with E-state index in [4.69, 9.17) is 8.83 Å². The van der Waals surface area contributed by atoms with Crippen LogP contribution in [0.5, 0.6) is 0 Å². The third kappa shape index (κ3) is 8.47. The van der Waals surface area contributed by atoms with Gasteiger partial charge >= 0.3 is 0 Å². The first-order chi connectivity index (χ1) is 50.6. The lowest BCUT2D eigenvalue weighted by Crippen LogP contribution is -1.95. The summed E-state index contributed by atoms with van der Waals surface area (Å²) in [6, 6.07) is 129. The highest BCUT2D eigenvalue weighted by Crippen LogP contribution is 2.46. The molecule has 6 heterocycles. The summed E-state index contributed by atoms with van der Waals surface area (Å²) in [4.78, 5) is 0. The summed E-state index contributed by atoms with van der Waals surface area (Å²) in [6.45, 7) is 0. The van der Waals surface area contributed by atoms with E-state index in [0.717, 1.165) is 128 Å². The summed E-state index contributed by atoms with van der Waals surface area (Å²) in [5.41, 5.74) is 29.0. The van der Waals surface area contributed by atoms with Crippen LogP contribution in [-0.2, 0) is 0 Å². The number of hydrogen-bond acceptors (Lipinski definition) is 2. The van der Waals surface area contributed by atoms with Crippen LogP contribution in [0.25, 0.3) is 209 Å². The molecule has 16 aromatic carbocycles. The van der Waals surface area contributed by atoms with Crippen molar-refractivity contribution in [3.63, 3.8) is 0 Å². The fraction of sp³-hybridized carbons (Fsp3) is 0. The van der Waals surface area contributed by atoms with Crippen LogP contribution in [-0.4, -0.2) is 18.3 Å². The maximum absolute atomic E-state index is 6.42. The Morgan fingerprint density at radius 2 is 0.461 bits per heavy atom. The van der Waals surface area contributed by atoms with Crippen molar-refractivity contribution in [2.45, 2.75) is 0 Å². The highest BCUT2D eigenvalue weighted by Gasteiger charge is 2.23. The second-order valence-electron chi connectivity index (χ2n) is 27.1. The second kappa shape index (κ2) is 21.9. The number of rotatable bonds is 9. The Labute approximate surface area is 584 Å². The van der Waals surface area contributed by atoms with Crippen LogP contribution in [0.1, 0.15) is 0 Å². The van der Waals surface area contributed by atoms with Crippen LogP contribution in [0, 0.1) is 0 Å². The van der Waals surface area contributed by atoms with Gasteiger partial charge in [0.2, 0.25) is 0 Å². The predicted octanol–water partition coefficient (Wildman–Crippen LogP) is 26.2. The number of hydrogen-bond donors (Lipinski definition) is 0. The molecule has 6 nitrogen and oxygen atoms in total. The molecular weight excluding hydrogens is 1240 g/mol. The van der Waals surface area contributed by atoms with Gasteiger partial charge in [-0.1, -0.05) is 231 Å². The lowest BCUT2D eigenvalue weighted by molar-refractivity contribution is 0.669. The van der Waals surface area contributed by atoms with Crippen molar-refractivity contribution in [2.24, 2.45) is 0 Å². The molecule has 0 N–H and O–H groups in total. The SMILES string of the molecule is c1ccc(-c2ccc3c4ccc(-c5ccc(-c6ccc7c8ccccc8n(-c8ccc(-c9ccc(-n%10c%11ccccc%11c%11c%12c(ccc%11%10)oc%10ccccc%10%12)cc9)cc8)c7c6)cc5)cc4n(-c4ccc(-c5ccc(-n6c7ccccc7c7ccc8oc9ccccc9c8c76)cc5)cc4)c3c2)cc1. The summed E-state index contributed by atoms with van der Waals surface area (Å²) < 4.78 is 22.5. The topological polar surface area (TPSA) is 46.0 Å². The van der Waals surface area contributed by atoms with Gasteiger partial charge in [0, 0.05) is 82.0 Å². The van der Waals surface area contributed by atoms with Gasteiger partial charge in [-0.2, -0.15) is 0 Å². The average Bonchev–Trinajstić information content (AvgIpc) is 1.59. The molecule has 0 unspecified atom stereocenters. The third-order valence-electron chi connectivity index (χ3n) is 21.6. The average molecular weight is 1300 g/mol. The molecule has 6 heteroatoms. The first kappa shape index (κ1) is 56.3. The van der Waals surface area contributed by atoms with Crippen LogP contribution >= 0.6 is 0 Å². The van der Waals surface area contributed by atoms with E-state index in [1.807, 2.05) is 12.1 Å². The van der Waals surface area contributed by atoms with Gasteiger partial charge in [-0.05, 0) is 177 Å². The molecule has 0 aliphatic carbocycles. The second-order valence-corrected chi connectivity index (χ2v) is 27.1. The van der Waals surface area contributed by atoms with Crippen molar-refractivity contribution >= 4 is 131 Å². The molecule has 474 valence electrons. The fourth-order valence-electron chi connectivity index (χ4n) is 16.9. The fourth-order valence-corrected chi connectivity index (χ4v) is 16.9. The van der Waals surface area contributed by atoms with Gasteiger partial charge in [-0.25, -0.2) is 0 Å². The van der Waals surface area contributed by atoms with Crippen LogP contribution in [0.2, 0.25) is 0 Å². The van der Waals surface area contributed by atoms with Gasteiger partial charge < -0.3 is 27.1 Å². The minimum atomic E-state index is 0.892. The summed E-state index contributed by atoms with van der Waals surface area (Å²) in [7, 11) is 0. The van der Waals surface area contributed by atoms with Gasteiger partial charge in [-0.3, -0.25) is 0 Å². The van der Waals surface area contributed by atoms with Crippen LogP contribution in [0.3, 0.4) is 0 Å². The summed E-state index contributed by atoms with van der Waals surface area (Å²) in [5, 5.41) is 14.3. The molecule has 6 aromatic heterocycles. The van der Waals surface area contributed by atoms with Gasteiger partial charge in [0.05, 0.1) is 49.5 Å². The lowest BCUT2D eigenvalue weighted by atomic mass is 9.98. The van der Waals surface area contributed by atoms with Gasteiger partial charge in [0.15, 0.2) is 0 Å². The number of furan rings is 2. The standard InChI is InChI=1S/C96H58N4O2/c1-2-14-59(15-3-1)66-38-50-76-77-51-40-68(58-88(77)99(87(76)56-66)71-45-34-62(35-46-71)63-36-47-72(48-37-63)100-83-22-10-5-17-74(83)78-52-54-92-95(96(78)100)81-20-8-13-25-90(81)102-92)65-28-26-64(27-29-65)67-39-49-75-73-16-4-9-21-82(73)98(86(75)57-67)70-43-32-61(33-44-70)60-30-41-69(42-31-60)97-84-23-11-6-18-79(84)93-85(97)53-55-91-94(93)80-19-7-12-24-89(80)101-91/h1-58H. The Morgan fingerprint density at radius 1 is 0.157 bits per heavy atom. The Balaban J connectivity index is 0.581. The Kier molecular flexibility index (Phi) is 12.1. The van der Waals surface area contributed by atoms with E-state index >= 15 is 0 Å². The number of benzene rings is 16. The molecule has 102 heavy (non-hydrogen) atoms. The summed E-state index contributed by atoms with van der Waals surface area (Å²) >= 11 is 0. The molecule has 22 rings (SSSR count). The monoisotopic (exact) mass is 1300 g/mol. The van der Waals surface area contributed by atoms with E-state index in [-0.39, 0.29) is 0 Å². The Hall–Kier alpha value is -13.7. The quantitative estimate of drug-likeness (QED) is 0.145. The molecule has 0 radical (unpaired) electrons.